The SMILES string of the molecule is COc1ccc(C#N)c(N2CCOC(C#N)C2)c1. The van der Waals surface area contributed by atoms with E-state index in [0.717, 1.165) is 5.69 Å². The van der Waals surface area contributed by atoms with Crippen molar-refractivity contribution < 1.29 is 9.47 Å². The Hall–Kier alpha value is -2.24. The Kier molecular flexibility index (Phi) is 3.66. The molecule has 0 saturated carbocycles. The number of ether oxygens (including phenoxy) is 2. The first-order valence-corrected chi connectivity index (χ1v) is 5.62. The second-order valence-corrected chi connectivity index (χ2v) is 3.93. The van der Waals surface area contributed by atoms with Crippen LogP contribution < -0.4 is 9.64 Å². The second kappa shape index (κ2) is 5.39. The van der Waals surface area contributed by atoms with E-state index in [2.05, 4.69) is 12.1 Å². The lowest BCUT2D eigenvalue weighted by Gasteiger charge is -2.32. The van der Waals surface area contributed by atoms with Crippen LogP contribution in [0.3, 0.4) is 0 Å². The summed E-state index contributed by atoms with van der Waals surface area (Å²) in [6.07, 6.45) is -0.448. The van der Waals surface area contributed by atoms with Gasteiger partial charge in [0.15, 0.2) is 6.10 Å². The first-order chi connectivity index (χ1) is 8.78. The normalized spacial score (nSPS) is 18.8. The topological polar surface area (TPSA) is 69.3 Å². The number of hydrogen-bond donors (Lipinski definition) is 0. The predicted molar refractivity (Wildman–Crippen MR) is 65.3 cm³/mol. The fraction of sp³-hybridized carbons (Fsp3) is 0.385. The van der Waals surface area contributed by atoms with E-state index in [9.17, 15) is 0 Å². The fourth-order valence-corrected chi connectivity index (χ4v) is 1.94. The van der Waals surface area contributed by atoms with Crippen LogP contribution in [0.5, 0.6) is 5.75 Å². The Morgan fingerprint density at radius 1 is 1.44 bits per heavy atom. The summed E-state index contributed by atoms with van der Waals surface area (Å²) in [6, 6.07) is 9.55. The van der Waals surface area contributed by atoms with Gasteiger partial charge in [0.1, 0.15) is 11.8 Å². The minimum absolute atomic E-state index is 0.448. The zero-order valence-electron chi connectivity index (χ0n) is 10.1. The molecule has 1 aromatic carbocycles. The van der Waals surface area contributed by atoms with E-state index in [1.54, 1.807) is 19.2 Å². The minimum atomic E-state index is -0.448. The molecule has 92 valence electrons. The molecule has 2 rings (SSSR count). The number of morpholine rings is 1. The number of rotatable bonds is 2. The lowest BCUT2D eigenvalue weighted by Crippen LogP contribution is -2.42. The van der Waals surface area contributed by atoms with Crippen molar-refractivity contribution in [1.82, 2.24) is 0 Å². The number of nitriles is 2. The van der Waals surface area contributed by atoms with E-state index >= 15 is 0 Å². The monoisotopic (exact) mass is 243 g/mol. The molecule has 1 aliphatic rings. The summed E-state index contributed by atoms with van der Waals surface area (Å²) < 4.78 is 10.5. The predicted octanol–water partition coefficient (Wildman–Crippen LogP) is 1.30. The first-order valence-electron chi connectivity index (χ1n) is 5.62. The van der Waals surface area contributed by atoms with Crippen LogP contribution in [0, 0.1) is 22.7 Å². The molecule has 0 radical (unpaired) electrons. The molecule has 0 amide bonds. The highest BCUT2D eigenvalue weighted by Crippen LogP contribution is 2.27. The van der Waals surface area contributed by atoms with Gasteiger partial charge in [0, 0.05) is 12.6 Å². The van der Waals surface area contributed by atoms with E-state index in [1.165, 1.54) is 0 Å². The summed E-state index contributed by atoms with van der Waals surface area (Å²) in [5, 5.41) is 18.0. The molecule has 0 aliphatic carbocycles. The highest BCUT2D eigenvalue weighted by atomic mass is 16.5. The molecule has 0 N–H and O–H groups in total. The first kappa shape index (κ1) is 12.2. The van der Waals surface area contributed by atoms with Crippen molar-refractivity contribution in [3.05, 3.63) is 23.8 Å². The lowest BCUT2D eigenvalue weighted by molar-refractivity contribution is 0.0764. The third-order valence-corrected chi connectivity index (χ3v) is 2.88. The largest absolute Gasteiger partial charge is 0.497 e. The molecule has 5 nitrogen and oxygen atoms in total. The van der Waals surface area contributed by atoms with Crippen LogP contribution in [0.25, 0.3) is 0 Å². The highest BCUT2D eigenvalue weighted by molar-refractivity contribution is 5.62. The molecule has 1 aromatic rings. The van der Waals surface area contributed by atoms with E-state index in [0.29, 0.717) is 31.0 Å². The molecular formula is C13H13N3O2. The molecule has 0 aromatic heterocycles. The molecule has 1 saturated heterocycles. The molecule has 0 bridgehead atoms. The molecule has 1 atom stereocenters. The van der Waals surface area contributed by atoms with Crippen molar-refractivity contribution in [2.45, 2.75) is 6.10 Å². The third kappa shape index (κ3) is 2.37. The van der Waals surface area contributed by atoms with Gasteiger partial charge in [0.05, 0.1) is 37.6 Å². The Morgan fingerprint density at radius 3 is 2.94 bits per heavy atom. The van der Waals surface area contributed by atoms with Crippen LogP contribution in [0.1, 0.15) is 5.56 Å². The Labute approximate surface area is 106 Å². The smallest absolute Gasteiger partial charge is 0.161 e. The van der Waals surface area contributed by atoms with Crippen molar-refractivity contribution in [1.29, 1.82) is 10.5 Å². The van der Waals surface area contributed by atoms with Crippen molar-refractivity contribution in [3.8, 4) is 17.9 Å². The van der Waals surface area contributed by atoms with Crippen LogP contribution in [-0.2, 0) is 4.74 Å². The van der Waals surface area contributed by atoms with Crippen molar-refractivity contribution in [2.75, 3.05) is 31.7 Å². The van der Waals surface area contributed by atoms with Gasteiger partial charge in [-0.25, -0.2) is 0 Å². The Bertz CT molecular complexity index is 516. The van der Waals surface area contributed by atoms with Gasteiger partial charge < -0.3 is 14.4 Å². The van der Waals surface area contributed by atoms with Crippen molar-refractivity contribution in [3.63, 3.8) is 0 Å². The molecule has 18 heavy (non-hydrogen) atoms. The maximum atomic E-state index is 9.12. The average molecular weight is 243 g/mol. The van der Waals surface area contributed by atoms with Gasteiger partial charge in [0.2, 0.25) is 0 Å². The van der Waals surface area contributed by atoms with Gasteiger partial charge in [-0.3, -0.25) is 0 Å². The lowest BCUT2D eigenvalue weighted by atomic mass is 10.1. The highest BCUT2D eigenvalue weighted by Gasteiger charge is 2.22. The van der Waals surface area contributed by atoms with Gasteiger partial charge >= 0.3 is 0 Å². The van der Waals surface area contributed by atoms with E-state index in [1.807, 2.05) is 11.0 Å². The van der Waals surface area contributed by atoms with Crippen molar-refractivity contribution in [2.24, 2.45) is 0 Å². The Balaban J connectivity index is 2.31. The van der Waals surface area contributed by atoms with E-state index < -0.39 is 6.10 Å². The quantitative estimate of drug-likeness (QED) is 0.783. The number of methoxy groups -OCH3 is 1. The zero-order chi connectivity index (χ0) is 13.0. The van der Waals surface area contributed by atoms with Crippen molar-refractivity contribution >= 4 is 5.69 Å². The summed E-state index contributed by atoms with van der Waals surface area (Å²) in [5.41, 5.74) is 1.37. The second-order valence-electron chi connectivity index (χ2n) is 3.93. The molecule has 1 heterocycles. The fourth-order valence-electron chi connectivity index (χ4n) is 1.94. The Morgan fingerprint density at radius 2 is 2.28 bits per heavy atom. The standard InChI is InChI=1S/C13H13N3O2/c1-17-11-3-2-10(7-14)13(6-11)16-4-5-18-12(8-15)9-16/h2-3,6,12H,4-5,9H2,1H3. The summed E-state index contributed by atoms with van der Waals surface area (Å²) in [4.78, 5) is 1.98. The van der Waals surface area contributed by atoms with Gasteiger partial charge in [-0.05, 0) is 12.1 Å². The zero-order valence-corrected chi connectivity index (χ0v) is 10.1. The maximum Gasteiger partial charge on any atom is 0.161 e. The molecule has 5 heteroatoms. The molecule has 0 spiro atoms. The average Bonchev–Trinajstić information content (AvgIpc) is 2.46. The van der Waals surface area contributed by atoms with Crippen LogP contribution in [0.2, 0.25) is 0 Å². The maximum absolute atomic E-state index is 9.12. The number of hydrogen-bond acceptors (Lipinski definition) is 5. The molecule has 1 aliphatic heterocycles. The summed E-state index contributed by atoms with van der Waals surface area (Å²) in [6.45, 7) is 1.62. The summed E-state index contributed by atoms with van der Waals surface area (Å²) >= 11 is 0. The van der Waals surface area contributed by atoms with Gasteiger partial charge in [-0.15, -0.1) is 0 Å². The number of benzene rings is 1. The van der Waals surface area contributed by atoms with E-state index in [-0.39, 0.29) is 0 Å². The minimum Gasteiger partial charge on any atom is -0.497 e. The third-order valence-electron chi connectivity index (χ3n) is 2.88. The number of nitrogens with zero attached hydrogens (tertiary/aromatic N) is 3. The summed E-state index contributed by atoms with van der Waals surface area (Å²) in [7, 11) is 1.59. The van der Waals surface area contributed by atoms with E-state index in [4.69, 9.17) is 20.0 Å². The van der Waals surface area contributed by atoms with Gasteiger partial charge in [-0.1, -0.05) is 0 Å². The molecule has 1 unspecified atom stereocenters. The summed E-state index contributed by atoms with van der Waals surface area (Å²) in [5.74, 6) is 0.698. The van der Waals surface area contributed by atoms with Gasteiger partial charge in [-0.2, -0.15) is 10.5 Å². The number of anilines is 1. The van der Waals surface area contributed by atoms with Crippen LogP contribution >= 0.6 is 0 Å². The van der Waals surface area contributed by atoms with Crippen LogP contribution in [0.15, 0.2) is 18.2 Å². The molecular weight excluding hydrogens is 230 g/mol. The van der Waals surface area contributed by atoms with Crippen LogP contribution in [0.4, 0.5) is 5.69 Å². The van der Waals surface area contributed by atoms with Gasteiger partial charge in [0.25, 0.3) is 0 Å². The molecule has 1 fully saturated rings. The van der Waals surface area contributed by atoms with Crippen LogP contribution in [-0.4, -0.2) is 32.9 Å².